The molecule has 1 aliphatic carbocycles. The van der Waals surface area contributed by atoms with E-state index in [0.29, 0.717) is 12.2 Å². The monoisotopic (exact) mass is 367 g/mol. The van der Waals surface area contributed by atoms with Gasteiger partial charge in [0.25, 0.3) is 0 Å². The smallest absolute Gasteiger partial charge is 0.412 e. The number of benzene rings is 2. The fourth-order valence-electron chi connectivity index (χ4n) is 3.15. The largest absolute Gasteiger partial charge is 0.496 e. The van der Waals surface area contributed by atoms with Gasteiger partial charge in [-0.1, -0.05) is 43.0 Å². The molecule has 0 bridgehead atoms. The molecule has 1 N–H and O–H groups in total. The van der Waals surface area contributed by atoms with Crippen molar-refractivity contribution < 1.29 is 23.8 Å². The van der Waals surface area contributed by atoms with Crippen LogP contribution in [0, 0.1) is 0 Å². The first-order valence-electron chi connectivity index (χ1n) is 8.66. The van der Waals surface area contributed by atoms with Gasteiger partial charge in [0, 0.05) is 28.0 Å². The zero-order valence-corrected chi connectivity index (χ0v) is 15.1. The molecule has 0 saturated heterocycles. The molecule has 6 nitrogen and oxygen atoms in total. The number of carbonyl (C=O) groups is 2. The van der Waals surface area contributed by atoms with Gasteiger partial charge in [0.1, 0.15) is 18.1 Å². The van der Waals surface area contributed by atoms with Crippen molar-refractivity contribution in [1.82, 2.24) is 5.32 Å². The van der Waals surface area contributed by atoms with Gasteiger partial charge >= 0.3 is 12.1 Å². The number of hydrogen-bond donors (Lipinski definition) is 1. The maximum absolute atomic E-state index is 12.3. The van der Waals surface area contributed by atoms with Crippen molar-refractivity contribution in [3.8, 4) is 11.5 Å². The second kappa shape index (κ2) is 8.40. The van der Waals surface area contributed by atoms with Crippen molar-refractivity contribution in [3.05, 3.63) is 60.2 Å². The topological polar surface area (TPSA) is 73.9 Å². The lowest BCUT2D eigenvalue weighted by Gasteiger charge is -2.22. The molecule has 0 heterocycles. The zero-order chi connectivity index (χ0) is 19.2. The predicted molar refractivity (Wildman–Crippen MR) is 102 cm³/mol. The molecule has 2 aromatic rings. The standard InChI is InChI=1S/C21H21NO5/c1-3-18(23)26-13-12-22-21(24)27-20-16-10-6-4-8-14(16)19(25-2)15-9-5-7-11-17(15)20/h3-8,10H,1,9,11-13H2,2H3,(H,22,24). The molecule has 0 aromatic heterocycles. The Hall–Kier alpha value is -3.28. The third kappa shape index (κ3) is 3.95. The number of allylic oxidation sites excluding steroid dienone is 2. The first-order valence-corrected chi connectivity index (χ1v) is 8.66. The van der Waals surface area contributed by atoms with Crippen LogP contribution in [0.3, 0.4) is 0 Å². The van der Waals surface area contributed by atoms with Crippen LogP contribution in [0.5, 0.6) is 11.5 Å². The molecule has 0 spiro atoms. The van der Waals surface area contributed by atoms with Crippen LogP contribution in [0.25, 0.3) is 10.8 Å². The van der Waals surface area contributed by atoms with Crippen molar-refractivity contribution in [2.24, 2.45) is 0 Å². The molecule has 0 radical (unpaired) electrons. The van der Waals surface area contributed by atoms with E-state index in [-0.39, 0.29) is 13.2 Å². The SMILES string of the molecule is C=CC(=O)OCCNC(=O)Oc1c2c(c(OC)c3ccccc13)CC=CC2. The van der Waals surface area contributed by atoms with Gasteiger partial charge in [-0.3, -0.25) is 0 Å². The average Bonchev–Trinajstić information content (AvgIpc) is 2.71. The van der Waals surface area contributed by atoms with Crippen LogP contribution >= 0.6 is 0 Å². The van der Waals surface area contributed by atoms with Crippen molar-refractivity contribution in [1.29, 1.82) is 0 Å². The number of ether oxygens (including phenoxy) is 3. The average molecular weight is 367 g/mol. The summed E-state index contributed by atoms with van der Waals surface area (Å²) in [5.41, 5.74) is 1.97. The van der Waals surface area contributed by atoms with Gasteiger partial charge < -0.3 is 19.5 Å². The Morgan fingerprint density at radius 3 is 2.37 bits per heavy atom. The van der Waals surface area contributed by atoms with E-state index in [2.05, 4.69) is 24.0 Å². The second-order valence-corrected chi connectivity index (χ2v) is 5.93. The first kappa shape index (κ1) is 18.5. The van der Waals surface area contributed by atoms with Crippen LogP contribution in [0.2, 0.25) is 0 Å². The van der Waals surface area contributed by atoms with E-state index in [1.54, 1.807) is 7.11 Å². The highest BCUT2D eigenvalue weighted by Gasteiger charge is 2.23. The molecule has 0 aliphatic heterocycles. The summed E-state index contributed by atoms with van der Waals surface area (Å²) in [6.45, 7) is 3.51. The highest BCUT2D eigenvalue weighted by molar-refractivity contribution is 5.97. The van der Waals surface area contributed by atoms with Crippen molar-refractivity contribution >= 4 is 22.8 Å². The van der Waals surface area contributed by atoms with Crippen molar-refractivity contribution in [2.45, 2.75) is 12.8 Å². The van der Waals surface area contributed by atoms with Crippen LogP contribution in [-0.2, 0) is 22.4 Å². The molecule has 27 heavy (non-hydrogen) atoms. The Kier molecular flexibility index (Phi) is 5.76. The third-order valence-corrected chi connectivity index (χ3v) is 4.32. The first-order chi connectivity index (χ1) is 13.2. The molecule has 6 heteroatoms. The Morgan fingerprint density at radius 2 is 1.74 bits per heavy atom. The van der Waals surface area contributed by atoms with E-state index in [9.17, 15) is 9.59 Å². The summed E-state index contributed by atoms with van der Waals surface area (Å²) in [7, 11) is 1.65. The highest BCUT2D eigenvalue weighted by atomic mass is 16.6. The Balaban J connectivity index is 1.85. The van der Waals surface area contributed by atoms with E-state index in [4.69, 9.17) is 14.2 Å². The lowest BCUT2D eigenvalue weighted by atomic mass is 9.91. The highest BCUT2D eigenvalue weighted by Crippen LogP contribution is 2.42. The van der Waals surface area contributed by atoms with E-state index in [1.165, 1.54) is 0 Å². The molecular weight excluding hydrogens is 346 g/mol. The Morgan fingerprint density at radius 1 is 1.11 bits per heavy atom. The summed E-state index contributed by atoms with van der Waals surface area (Å²) in [6.07, 6.45) is 5.99. The number of carbonyl (C=O) groups excluding carboxylic acids is 2. The van der Waals surface area contributed by atoms with Gasteiger partial charge in [0.2, 0.25) is 0 Å². The fraction of sp³-hybridized carbons (Fsp3) is 0.238. The molecule has 0 fully saturated rings. The van der Waals surface area contributed by atoms with Crippen LogP contribution < -0.4 is 14.8 Å². The van der Waals surface area contributed by atoms with Gasteiger partial charge in [-0.05, 0) is 12.8 Å². The summed E-state index contributed by atoms with van der Waals surface area (Å²) >= 11 is 0. The summed E-state index contributed by atoms with van der Waals surface area (Å²) in [5, 5.41) is 4.30. The molecule has 140 valence electrons. The van der Waals surface area contributed by atoms with Gasteiger partial charge in [-0.15, -0.1) is 0 Å². The number of hydrogen-bond acceptors (Lipinski definition) is 5. The maximum atomic E-state index is 12.3. The normalized spacial score (nSPS) is 12.2. The number of methoxy groups -OCH3 is 1. The molecule has 2 aromatic carbocycles. The summed E-state index contributed by atoms with van der Waals surface area (Å²) in [6, 6.07) is 7.68. The maximum Gasteiger partial charge on any atom is 0.412 e. The van der Waals surface area contributed by atoms with Crippen LogP contribution in [0.4, 0.5) is 4.79 Å². The van der Waals surface area contributed by atoms with Crippen LogP contribution in [0.15, 0.2) is 49.1 Å². The molecule has 0 atom stereocenters. The minimum atomic E-state index is -0.600. The van der Waals surface area contributed by atoms with Crippen LogP contribution in [-0.4, -0.2) is 32.3 Å². The number of fused-ring (bicyclic) bond motifs is 2. The summed E-state index contributed by atoms with van der Waals surface area (Å²) in [4.78, 5) is 23.3. The second-order valence-electron chi connectivity index (χ2n) is 5.93. The van der Waals surface area contributed by atoms with Crippen molar-refractivity contribution in [3.63, 3.8) is 0 Å². The van der Waals surface area contributed by atoms with Crippen molar-refractivity contribution in [2.75, 3.05) is 20.3 Å². The molecular formula is C21H21NO5. The summed E-state index contributed by atoms with van der Waals surface area (Å²) in [5.74, 6) is 0.813. The van der Waals surface area contributed by atoms with E-state index >= 15 is 0 Å². The summed E-state index contributed by atoms with van der Waals surface area (Å²) < 4.78 is 16.1. The lowest BCUT2D eigenvalue weighted by Crippen LogP contribution is -2.31. The minimum absolute atomic E-state index is 0.0458. The minimum Gasteiger partial charge on any atom is -0.496 e. The third-order valence-electron chi connectivity index (χ3n) is 4.32. The molecule has 0 saturated carbocycles. The number of nitrogens with one attached hydrogen (secondary N) is 1. The van der Waals surface area contributed by atoms with E-state index in [0.717, 1.165) is 40.1 Å². The number of rotatable bonds is 6. The molecule has 3 rings (SSSR count). The van der Waals surface area contributed by atoms with Crippen LogP contribution in [0.1, 0.15) is 11.1 Å². The molecule has 1 aliphatic rings. The number of esters is 1. The quantitative estimate of drug-likeness (QED) is 0.367. The number of amides is 1. The molecule has 1 amide bonds. The fourth-order valence-corrected chi connectivity index (χ4v) is 3.15. The van der Waals surface area contributed by atoms with Gasteiger partial charge in [-0.2, -0.15) is 0 Å². The van der Waals surface area contributed by atoms with E-state index < -0.39 is 12.1 Å². The van der Waals surface area contributed by atoms with Gasteiger partial charge in [0.05, 0.1) is 13.7 Å². The lowest BCUT2D eigenvalue weighted by molar-refractivity contribution is -0.137. The van der Waals surface area contributed by atoms with Gasteiger partial charge in [-0.25, -0.2) is 9.59 Å². The zero-order valence-electron chi connectivity index (χ0n) is 15.1. The predicted octanol–water partition coefficient (Wildman–Crippen LogP) is 3.32. The Labute approximate surface area is 157 Å². The molecule has 0 unspecified atom stereocenters. The van der Waals surface area contributed by atoms with E-state index in [1.807, 2.05) is 24.3 Å². The van der Waals surface area contributed by atoms with Gasteiger partial charge in [0.15, 0.2) is 0 Å². The Bertz CT molecular complexity index is 916.